The van der Waals surface area contributed by atoms with Crippen LogP contribution in [0.15, 0.2) is 89.7 Å². The molecule has 0 aliphatic rings. The van der Waals surface area contributed by atoms with Crippen molar-refractivity contribution >= 4 is 17.5 Å². The Bertz CT molecular complexity index is 1270. The maximum atomic E-state index is 13.9. The molecular weight excluding hydrogens is 421 g/mol. The van der Waals surface area contributed by atoms with Gasteiger partial charge >= 0.3 is 0 Å². The number of benzene rings is 3. The first-order chi connectivity index (χ1) is 16.1. The highest BCUT2D eigenvalue weighted by atomic mass is 19.1. The van der Waals surface area contributed by atoms with Gasteiger partial charge in [0.15, 0.2) is 17.8 Å². The van der Waals surface area contributed by atoms with E-state index >= 15 is 0 Å². The van der Waals surface area contributed by atoms with E-state index in [1.807, 2.05) is 37.3 Å². The van der Waals surface area contributed by atoms with Crippen LogP contribution in [-0.4, -0.2) is 23.3 Å². The number of nitrogens with zero attached hydrogens (tertiary/aromatic N) is 2. The van der Waals surface area contributed by atoms with Gasteiger partial charge in [-0.2, -0.15) is 0 Å². The van der Waals surface area contributed by atoms with Gasteiger partial charge in [-0.05, 0) is 31.2 Å². The zero-order valence-corrected chi connectivity index (χ0v) is 18.0. The quantitative estimate of drug-likeness (QED) is 0.432. The molecule has 0 atom stereocenters. The van der Waals surface area contributed by atoms with Gasteiger partial charge in [-0.15, -0.1) is 0 Å². The van der Waals surface area contributed by atoms with Crippen LogP contribution in [0.2, 0.25) is 0 Å². The van der Waals surface area contributed by atoms with Crippen molar-refractivity contribution in [1.82, 2.24) is 10.3 Å². The van der Waals surface area contributed by atoms with E-state index < -0.39 is 11.7 Å². The maximum Gasteiger partial charge on any atom is 0.274 e. The van der Waals surface area contributed by atoms with E-state index in [0.717, 1.165) is 12.1 Å². The van der Waals surface area contributed by atoms with Crippen LogP contribution in [0.1, 0.15) is 33.3 Å². The van der Waals surface area contributed by atoms with Crippen LogP contribution < -0.4 is 10.2 Å². The van der Waals surface area contributed by atoms with Crippen molar-refractivity contribution in [3.05, 3.63) is 108 Å². The third kappa shape index (κ3) is 4.67. The fraction of sp³-hybridized carbons (Fsp3) is 0.115. The Morgan fingerprint density at radius 2 is 1.67 bits per heavy atom. The number of oxazole rings is 1. The number of aromatic nitrogens is 1. The van der Waals surface area contributed by atoms with Crippen molar-refractivity contribution in [2.24, 2.45) is 0 Å². The SMILES string of the molecule is CCN(C(=O)c1ccccc1-c1ocnc1C(=O)NCc1ccccc1F)c1ccccc1. The predicted octanol–water partition coefficient (Wildman–Crippen LogP) is 5.08. The fourth-order valence-corrected chi connectivity index (χ4v) is 3.56. The van der Waals surface area contributed by atoms with Gasteiger partial charge in [0.2, 0.25) is 0 Å². The van der Waals surface area contributed by atoms with Crippen LogP contribution in [-0.2, 0) is 6.54 Å². The van der Waals surface area contributed by atoms with Gasteiger partial charge in [0.1, 0.15) is 5.82 Å². The number of para-hydroxylation sites is 1. The highest BCUT2D eigenvalue weighted by Crippen LogP contribution is 2.29. The minimum atomic E-state index is -0.528. The van der Waals surface area contributed by atoms with E-state index in [2.05, 4.69) is 10.3 Å². The third-order valence-corrected chi connectivity index (χ3v) is 5.21. The average molecular weight is 443 g/mol. The fourth-order valence-electron chi connectivity index (χ4n) is 3.56. The molecule has 1 aromatic heterocycles. The lowest BCUT2D eigenvalue weighted by atomic mass is 10.0. The smallest absolute Gasteiger partial charge is 0.274 e. The molecule has 2 amide bonds. The van der Waals surface area contributed by atoms with E-state index in [0.29, 0.717) is 23.2 Å². The van der Waals surface area contributed by atoms with E-state index in [-0.39, 0.29) is 23.9 Å². The van der Waals surface area contributed by atoms with Crippen molar-refractivity contribution in [3.8, 4) is 11.3 Å². The van der Waals surface area contributed by atoms with Crippen molar-refractivity contribution < 1.29 is 18.4 Å². The molecular formula is C26H22FN3O3. The van der Waals surface area contributed by atoms with E-state index in [4.69, 9.17) is 4.42 Å². The standard InChI is InChI=1S/C26H22FN3O3/c1-2-30(19-11-4-3-5-12-19)26(32)21-14-8-7-13-20(21)24-23(29-17-33-24)25(31)28-16-18-10-6-9-15-22(18)27/h3-15,17H,2,16H2,1H3,(H,28,31). The first-order valence-electron chi connectivity index (χ1n) is 10.5. The van der Waals surface area contributed by atoms with E-state index in [9.17, 15) is 14.0 Å². The molecule has 0 unspecified atom stereocenters. The van der Waals surface area contributed by atoms with Gasteiger partial charge in [-0.3, -0.25) is 9.59 Å². The zero-order chi connectivity index (χ0) is 23.2. The summed E-state index contributed by atoms with van der Waals surface area (Å²) < 4.78 is 19.4. The molecule has 1 heterocycles. The van der Waals surface area contributed by atoms with Gasteiger partial charge in [0.25, 0.3) is 11.8 Å². The van der Waals surface area contributed by atoms with Crippen LogP contribution >= 0.6 is 0 Å². The minimum absolute atomic E-state index is 0.00396. The average Bonchev–Trinajstić information content (AvgIpc) is 3.34. The number of amides is 2. The van der Waals surface area contributed by atoms with Crippen LogP contribution in [0.5, 0.6) is 0 Å². The van der Waals surface area contributed by atoms with Crippen LogP contribution in [0.25, 0.3) is 11.3 Å². The molecule has 0 spiro atoms. The molecule has 3 aromatic carbocycles. The lowest BCUT2D eigenvalue weighted by molar-refractivity contribution is 0.0944. The van der Waals surface area contributed by atoms with Gasteiger partial charge in [-0.25, -0.2) is 9.37 Å². The summed E-state index contributed by atoms with van der Waals surface area (Å²) in [4.78, 5) is 32.0. The highest BCUT2D eigenvalue weighted by molar-refractivity contribution is 6.11. The summed E-state index contributed by atoms with van der Waals surface area (Å²) in [6.45, 7) is 2.35. The Morgan fingerprint density at radius 1 is 0.970 bits per heavy atom. The van der Waals surface area contributed by atoms with Crippen molar-refractivity contribution in [2.45, 2.75) is 13.5 Å². The van der Waals surface area contributed by atoms with Gasteiger partial charge in [-0.1, -0.05) is 54.6 Å². The number of hydrogen-bond donors (Lipinski definition) is 1. The van der Waals surface area contributed by atoms with E-state index in [1.165, 1.54) is 6.07 Å². The first kappa shape index (κ1) is 22.0. The molecule has 4 rings (SSSR count). The Kier molecular flexibility index (Phi) is 6.59. The van der Waals surface area contributed by atoms with Crippen molar-refractivity contribution in [1.29, 1.82) is 0 Å². The zero-order valence-electron chi connectivity index (χ0n) is 18.0. The summed E-state index contributed by atoms with van der Waals surface area (Å²) in [6.07, 6.45) is 1.16. The lowest BCUT2D eigenvalue weighted by Gasteiger charge is -2.22. The molecule has 0 saturated heterocycles. The molecule has 0 saturated carbocycles. The number of hydrogen-bond acceptors (Lipinski definition) is 4. The molecule has 0 aliphatic heterocycles. The second-order valence-electron chi connectivity index (χ2n) is 7.23. The second-order valence-corrected chi connectivity index (χ2v) is 7.23. The Balaban J connectivity index is 1.63. The monoisotopic (exact) mass is 443 g/mol. The maximum absolute atomic E-state index is 13.9. The van der Waals surface area contributed by atoms with Crippen molar-refractivity contribution in [2.75, 3.05) is 11.4 Å². The summed E-state index contributed by atoms with van der Waals surface area (Å²) in [6, 6.07) is 22.5. The van der Waals surface area contributed by atoms with Crippen LogP contribution in [0.3, 0.4) is 0 Å². The molecule has 7 heteroatoms. The number of anilines is 1. The molecule has 0 fully saturated rings. The van der Waals surface area contributed by atoms with Gasteiger partial charge in [0, 0.05) is 29.9 Å². The van der Waals surface area contributed by atoms with Gasteiger partial charge < -0.3 is 14.6 Å². The van der Waals surface area contributed by atoms with Gasteiger partial charge in [0.05, 0.1) is 5.56 Å². The molecule has 4 aromatic rings. The summed E-state index contributed by atoms with van der Waals surface area (Å²) in [5.41, 5.74) is 1.97. The van der Waals surface area contributed by atoms with E-state index in [1.54, 1.807) is 47.4 Å². The second kappa shape index (κ2) is 9.91. The molecule has 166 valence electrons. The summed E-state index contributed by atoms with van der Waals surface area (Å²) in [5, 5.41) is 2.66. The third-order valence-electron chi connectivity index (χ3n) is 5.21. The predicted molar refractivity (Wildman–Crippen MR) is 123 cm³/mol. The molecule has 0 radical (unpaired) electrons. The molecule has 1 N–H and O–H groups in total. The molecule has 0 bridgehead atoms. The molecule has 6 nitrogen and oxygen atoms in total. The highest BCUT2D eigenvalue weighted by Gasteiger charge is 2.25. The van der Waals surface area contributed by atoms with Crippen LogP contribution in [0, 0.1) is 5.82 Å². The lowest BCUT2D eigenvalue weighted by Crippen LogP contribution is -2.31. The number of carbonyl (C=O) groups excluding carboxylic acids is 2. The summed E-state index contributed by atoms with van der Waals surface area (Å²) >= 11 is 0. The number of nitrogens with one attached hydrogen (secondary N) is 1. The summed E-state index contributed by atoms with van der Waals surface area (Å²) in [5.74, 6) is -0.989. The largest absolute Gasteiger partial charge is 0.443 e. The number of carbonyl (C=O) groups is 2. The molecule has 0 aliphatic carbocycles. The molecule has 33 heavy (non-hydrogen) atoms. The topological polar surface area (TPSA) is 75.4 Å². The Labute approximate surface area is 190 Å². The Morgan fingerprint density at radius 3 is 2.42 bits per heavy atom. The summed E-state index contributed by atoms with van der Waals surface area (Å²) in [7, 11) is 0. The van der Waals surface area contributed by atoms with Crippen LogP contribution in [0.4, 0.5) is 10.1 Å². The number of halogens is 1. The number of rotatable bonds is 7. The minimum Gasteiger partial charge on any atom is -0.443 e. The normalized spacial score (nSPS) is 10.6. The first-order valence-corrected chi connectivity index (χ1v) is 10.5. The Hall–Kier alpha value is -4.26. The van der Waals surface area contributed by atoms with Crippen molar-refractivity contribution in [3.63, 3.8) is 0 Å².